The zero-order chi connectivity index (χ0) is 12.8. The van der Waals surface area contributed by atoms with Crippen molar-refractivity contribution in [2.24, 2.45) is 0 Å². The summed E-state index contributed by atoms with van der Waals surface area (Å²) in [6.45, 7) is 1.29. The molecular weight excluding hydrogens is 232 g/mol. The van der Waals surface area contributed by atoms with E-state index in [2.05, 4.69) is 0 Å². The van der Waals surface area contributed by atoms with E-state index < -0.39 is 6.29 Å². The third kappa shape index (κ3) is 12.0. The molecule has 1 atom stereocenters. The molecule has 1 unspecified atom stereocenters. The zero-order valence-electron chi connectivity index (χ0n) is 9.92. The molecule has 0 aliphatic rings. The van der Waals surface area contributed by atoms with Gasteiger partial charge in [-0.15, -0.1) is 0 Å². The van der Waals surface area contributed by atoms with Crippen molar-refractivity contribution >= 4 is 0 Å². The third-order valence-corrected chi connectivity index (χ3v) is 1.65. The lowest BCUT2D eigenvalue weighted by molar-refractivity contribution is -0.183. The van der Waals surface area contributed by atoms with Crippen LogP contribution in [-0.4, -0.2) is 81.1 Å². The Morgan fingerprint density at radius 1 is 0.647 bits per heavy atom. The molecule has 0 fully saturated rings. The monoisotopic (exact) mass is 254 g/mol. The topological polar surface area (TPSA) is 97.6 Å². The maximum Gasteiger partial charge on any atom is 0.181 e. The molecule has 0 aromatic rings. The number of hydrogen-bond donors (Lipinski definition) is 3. The maximum atomic E-state index is 8.61. The molecule has 0 rings (SSSR count). The van der Waals surface area contributed by atoms with E-state index in [1.165, 1.54) is 0 Å². The Kier molecular flexibility index (Phi) is 13.6. The molecule has 3 N–H and O–H groups in total. The first-order valence-electron chi connectivity index (χ1n) is 5.56. The Morgan fingerprint density at radius 2 is 1.24 bits per heavy atom. The van der Waals surface area contributed by atoms with Gasteiger partial charge in [-0.1, -0.05) is 0 Å². The van der Waals surface area contributed by atoms with E-state index in [1.54, 1.807) is 0 Å². The van der Waals surface area contributed by atoms with Gasteiger partial charge in [0.2, 0.25) is 0 Å². The normalized spacial score (nSPS) is 12.9. The predicted molar refractivity (Wildman–Crippen MR) is 58.6 cm³/mol. The molecule has 7 nitrogen and oxygen atoms in total. The van der Waals surface area contributed by atoms with Crippen LogP contribution in [-0.2, 0) is 18.9 Å². The SMILES string of the molecule is OCCOCCOC(COCCO)OCCO. The van der Waals surface area contributed by atoms with Crippen molar-refractivity contribution in [3.63, 3.8) is 0 Å². The van der Waals surface area contributed by atoms with E-state index in [0.717, 1.165) is 0 Å². The number of hydrogen-bond acceptors (Lipinski definition) is 7. The van der Waals surface area contributed by atoms with Crippen LogP contribution in [0.5, 0.6) is 0 Å². The van der Waals surface area contributed by atoms with Gasteiger partial charge in [0.25, 0.3) is 0 Å². The van der Waals surface area contributed by atoms with Gasteiger partial charge in [-0.2, -0.15) is 0 Å². The molecule has 0 saturated carbocycles. The minimum absolute atomic E-state index is 0.0238. The van der Waals surface area contributed by atoms with Gasteiger partial charge in [-0.05, 0) is 0 Å². The molecule has 104 valence electrons. The first kappa shape index (κ1) is 16.7. The van der Waals surface area contributed by atoms with Gasteiger partial charge in [0, 0.05) is 0 Å². The summed E-state index contributed by atoms with van der Waals surface area (Å²) in [7, 11) is 0. The van der Waals surface area contributed by atoms with E-state index in [9.17, 15) is 0 Å². The van der Waals surface area contributed by atoms with Crippen LogP contribution < -0.4 is 0 Å². The average molecular weight is 254 g/mol. The quantitative estimate of drug-likeness (QED) is 0.268. The number of ether oxygens (including phenoxy) is 4. The van der Waals surface area contributed by atoms with Crippen LogP contribution in [0.4, 0.5) is 0 Å². The Morgan fingerprint density at radius 3 is 1.88 bits per heavy atom. The number of aliphatic hydroxyl groups is 3. The van der Waals surface area contributed by atoms with Crippen LogP contribution in [0.2, 0.25) is 0 Å². The summed E-state index contributed by atoms with van der Waals surface area (Å²) < 4.78 is 20.5. The average Bonchev–Trinajstić information content (AvgIpc) is 2.35. The highest BCUT2D eigenvalue weighted by Gasteiger charge is 2.09. The predicted octanol–water partition coefficient (Wildman–Crippen LogP) is -1.64. The number of rotatable bonds is 13. The Hall–Kier alpha value is -0.280. The van der Waals surface area contributed by atoms with E-state index in [1.807, 2.05) is 0 Å². The first-order valence-corrected chi connectivity index (χ1v) is 5.56. The van der Waals surface area contributed by atoms with Crippen molar-refractivity contribution in [2.75, 3.05) is 59.5 Å². The molecule has 17 heavy (non-hydrogen) atoms. The summed E-state index contributed by atoms with van der Waals surface area (Å²) in [6, 6.07) is 0. The smallest absolute Gasteiger partial charge is 0.181 e. The minimum Gasteiger partial charge on any atom is -0.394 e. The lowest BCUT2D eigenvalue weighted by Crippen LogP contribution is -2.27. The van der Waals surface area contributed by atoms with Crippen molar-refractivity contribution in [2.45, 2.75) is 6.29 Å². The lowest BCUT2D eigenvalue weighted by atomic mass is 10.6. The second kappa shape index (κ2) is 13.8. The molecule has 0 aromatic carbocycles. The highest BCUT2D eigenvalue weighted by atomic mass is 16.7. The van der Waals surface area contributed by atoms with Gasteiger partial charge in [-0.25, -0.2) is 0 Å². The fourth-order valence-corrected chi connectivity index (χ4v) is 0.978. The molecule has 7 heteroatoms. The molecule has 0 aliphatic carbocycles. The maximum absolute atomic E-state index is 8.61. The van der Waals surface area contributed by atoms with Crippen LogP contribution in [0.1, 0.15) is 0 Å². The van der Waals surface area contributed by atoms with Crippen molar-refractivity contribution in [1.82, 2.24) is 0 Å². The largest absolute Gasteiger partial charge is 0.394 e. The van der Waals surface area contributed by atoms with Gasteiger partial charge >= 0.3 is 0 Å². The highest BCUT2D eigenvalue weighted by Crippen LogP contribution is 1.96. The van der Waals surface area contributed by atoms with Gasteiger partial charge in [0.15, 0.2) is 6.29 Å². The molecule has 0 aromatic heterocycles. The van der Waals surface area contributed by atoms with E-state index in [0.29, 0.717) is 13.2 Å². The molecule has 0 saturated heterocycles. The second-order valence-electron chi connectivity index (χ2n) is 3.03. The van der Waals surface area contributed by atoms with Gasteiger partial charge in [-0.3, -0.25) is 0 Å². The van der Waals surface area contributed by atoms with Gasteiger partial charge < -0.3 is 34.3 Å². The summed E-state index contributed by atoms with van der Waals surface area (Å²) in [5.41, 5.74) is 0. The van der Waals surface area contributed by atoms with Crippen molar-refractivity contribution in [3.8, 4) is 0 Å². The lowest BCUT2D eigenvalue weighted by Gasteiger charge is -2.18. The molecule has 0 radical (unpaired) electrons. The summed E-state index contributed by atoms with van der Waals surface area (Å²) >= 11 is 0. The molecule has 0 heterocycles. The van der Waals surface area contributed by atoms with Crippen LogP contribution in [0.25, 0.3) is 0 Å². The highest BCUT2D eigenvalue weighted by molar-refractivity contribution is 4.44. The molecule has 0 amide bonds. The first-order chi connectivity index (χ1) is 8.35. The summed E-state index contributed by atoms with van der Waals surface area (Å²) in [5, 5.41) is 25.6. The van der Waals surface area contributed by atoms with Crippen LogP contribution in [0, 0.1) is 0 Å². The fourth-order valence-electron chi connectivity index (χ4n) is 0.978. The van der Waals surface area contributed by atoms with Crippen LogP contribution in [0.15, 0.2) is 0 Å². The fraction of sp³-hybridized carbons (Fsp3) is 1.00. The summed E-state index contributed by atoms with van der Waals surface area (Å²) in [5.74, 6) is 0. The molecular formula is C10H22O7. The number of aliphatic hydroxyl groups excluding tert-OH is 3. The van der Waals surface area contributed by atoms with E-state index >= 15 is 0 Å². The van der Waals surface area contributed by atoms with Crippen molar-refractivity contribution < 1.29 is 34.3 Å². The Balaban J connectivity index is 3.53. The Bertz CT molecular complexity index is 145. The minimum atomic E-state index is -0.591. The van der Waals surface area contributed by atoms with Crippen molar-refractivity contribution in [3.05, 3.63) is 0 Å². The molecule has 0 bridgehead atoms. The third-order valence-electron chi connectivity index (χ3n) is 1.65. The summed E-state index contributed by atoms with van der Waals surface area (Å²) in [4.78, 5) is 0. The second-order valence-corrected chi connectivity index (χ2v) is 3.03. The van der Waals surface area contributed by atoms with E-state index in [4.69, 9.17) is 34.3 Å². The molecule has 0 aliphatic heterocycles. The summed E-state index contributed by atoms with van der Waals surface area (Å²) in [6.07, 6.45) is -0.591. The Labute approximate surface area is 101 Å². The van der Waals surface area contributed by atoms with Crippen molar-refractivity contribution in [1.29, 1.82) is 0 Å². The van der Waals surface area contributed by atoms with E-state index in [-0.39, 0.29) is 46.2 Å². The standard InChI is InChI=1S/C10H22O7/c11-1-4-14-7-8-17-10(16-6-3-13)9-15-5-2-12/h10-13H,1-9H2. The molecule has 0 spiro atoms. The van der Waals surface area contributed by atoms with Gasteiger partial charge in [0.1, 0.15) is 0 Å². The van der Waals surface area contributed by atoms with Crippen LogP contribution >= 0.6 is 0 Å². The van der Waals surface area contributed by atoms with Crippen LogP contribution in [0.3, 0.4) is 0 Å². The van der Waals surface area contributed by atoms with Gasteiger partial charge in [0.05, 0.1) is 59.5 Å². The zero-order valence-corrected chi connectivity index (χ0v) is 9.92.